The van der Waals surface area contributed by atoms with Crippen molar-refractivity contribution in [2.75, 3.05) is 14.2 Å². The molecule has 1 aliphatic carbocycles. The Hall–Kier alpha value is -3.13. The molecular formula is C20H21N3O4S. The number of ether oxygens (including phenoxy) is 2. The zero-order valence-electron chi connectivity index (χ0n) is 15.5. The fourth-order valence-corrected chi connectivity index (χ4v) is 3.09. The van der Waals surface area contributed by atoms with E-state index in [1.54, 1.807) is 18.2 Å². The van der Waals surface area contributed by atoms with E-state index in [1.807, 2.05) is 30.3 Å². The number of amides is 2. The van der Waals surface area contributed by atoms with Crippen LogP contribution in [0.4, 0.5) is 0 Å². The standard InChI is InChI=1S/C20H21N3O4S/c1-26-16-9-8-13(10-17(16)27-2)18(24)21-20(28)23-22-19(25)15-11-14(15)12-6-4-3-5-7-12/h3-10,14-15H,11H2,1-2H3,(H,22,25)(H2,21,23,24,28)/t14-,15+/m1/s1. The molecule has 0 bridgehead atoms. The van der Waals surface area contributed by atoms with Gasteiger partial charge in [0.15, 0.2) is 16.6 Å². The topological polar surface area (TPSA) is 88.7 Å². The van der Waals surface area contributed by atoms with Gasteiger partial charge >= 0.3 is 0 Å². The Balaban J connectivity index is 1.48. The lowest BCUT2D eigenvalue weighted by molar-refractivity contribution is -0.123. The fourth-order valence-electron chi connectivity index (χ4n) is 2.95. The van der Waals surface area contributed by atoms with Crippen molar-refractivity contribution in [3.05, 3.63) is 59.7 Å². The van der Waals surface area contributed by atoms with Crippen molar-refractivity contribution in [1.29, 1.82) is 0 Å². The van der Waals surface area contributed by atoms with Crippen molar-refractivity contribution in [2.24, 2.45) is 5.92 Å². The van der Waals surface area contributed by atoms with Gasteiger partial charge in [-0.1, -0.05) is 30.3 Å². The highest BCUT2D eigenvalue weighted by Gasteiger charge is 2.43. The molecule has 146 valence electrons. The quantitative estimate of drug-likeness (QED) is 0.527. The zero-order chi connectivity index (χ0) is 20.1. The lowest BCUT2D eigenvalue weighted by Crippen LogP contribution is -2.49. The summed E-state index contributed by atoms with van der Waals surface area (Å²) >= 11 is 5.07. The van der Waals surface area contributed by atoms with Gasteiger partial charge in [-0.15, -0.1) is 0 Å². The lowest BCUT2D eigenvalue weighted by Gasteiger charge is -2.12. The van der Waals surface area contributed by atoms with Crippen molar-refractivity contribution in [3.8, 4) is 11.5 Å². The van der Waals surface area contributed by atoms with Crippen molar-refractivity contribution in [3.63, 3.8) is 0 Å². The molecule has 1 fully saturated rings. The largest absolute Gasteiger partial charge is 0.493 e. The molecule has 1 aliphatic rings. The number of methoxy groups -OCH3 is 2. The van der Waals surface area contributed by atoms with E-state index in [-0.39, 0.29) is 22.9 Å². The molecule has 2 amide bonds. The highest BCUT2D eigenvalue weighted by molar-refractivity contribution is 7.80. The first-order chi connectivity index (χ1) is 13.5. The van der Waals surface area contributed by atoms with Crippen molar-refractivity contribution in [1.82, 2.24) is 16.2 Å². The van der Waals surface area contributed by atoms with Crippen molar-refractivity contribution >= 4 is 29.1 Å². The van der Waals surface area contributed by atoms with Gasteiger partial charge in [0.05, 0.1) is 14.2 Å². The van der Waals surface area contributed by atoms with Crippen LogP contribution in [-0.2, 0) is 4.79 Å². The highest BCUT2D eigenvalue weighted by atomic mass is 32.1. The van der Waals surface area contributed by atoms with E-state index in [2.05, 4.69) is 16.2 Å². The molecule has 2 aromatic rings. The summed E-state index contributed by atoms with van der Waals surface area (Å²) in [5.74, 6) is 0.488. The lowest BCUT2D eigenvalue weighted by atomic mass is 10.1. The molecular weight excluding hydrogens is 378 g/mol. The van der Waals surface area contributed by atoms with Gasteiger partial charge in [-0.05, 0) is 48.3 Å². The third-order valence-electron chi connectivity index (χ3n) is 4.53. The molecule has 0 saturated heterocycles. The summed E-state index contributed by atoms with van der Waals surface area (Å²) in [5, 5.41) is 2.52. The first-order valence-corrected chi connectivity index (χ1v) is 9.12. The summed E-state index contributed by atoms with van der Waals surface area (Å²) in [5.41, 5.74) is 6.62. The predicted octanol–water partition coefficient (Wildman–Crippen LogP) is 2.14. The number of hydrogen-bond donors (Lipinski definition) is 3. The smallest absolute Gasteiger partial charge is 0.257 e. The molecule has 1 saturated carbocycles. The summed E-state index contributed by atoms with van der Waals surface area (Å²) in [6.07, 6.45) is 0.794. The number of carbonyl (C=O) groups excluding carboxylic acids is 2. The van der Waals surface area contributed by atoms with Crippen LogP contribution < -0.4 is 25.6 Å². The van der Waals surface area contributed by atoms with Crippen LogP contribution in [-0.4, -0.2) is 31.1 Å². The second-order valence-corrected chi connectivity index (χ2v) is 6.73. The Morgan fingerprint density at radius 2 is 1.71 bits per heavy atom. The zero-order valence-corrected chi connectivity index (χ0v) is 16.3. The maximum Gasteiger partial charge on any atom is 0.257 e. The average molecular weight is 399 g/mol. The second-order valence-electron chi connectivity index (χ2n) is 6.33. The van der Waals surface area contributed by atoms with Gasteiger partial charge in [-0.3, -0.25) is 25.8 Å². The van der Waals surface area contributed by atoms with E-state index in [0.717, 1.165) is 12.0 Å². The van der Waals surface area contributed by atoms with E-state index < -0.39 is 5.91 Å². The van der Waals surface area contributed by atoms with Crippen LogP contribution in [0.1, 0.15) is 28.3 Å². The van der Waals surface area contributed by atoms with Gasteiger partial charge < -0.3 is 9.47 Å². The number of benzene rings is 2. The summed E-state index contributed by atoms with van der Waals surface area (Å²) in [6.45, 7) is 0. The summed E-state index contributed by atoms with van der Waals surface area (Å²) in [4.78, 5) is 24.5. The Kier molecular flexibility index (Phi) is 6.10. The highest BCUT2D eigenvalue weighted by Crippen LogP contribution is 2.47. The molecule has 3 rings (SSSR count). The number of rotatable bonds is 5. The normalized spacial score (nSPS) is 17.2. The fraction of sp³-hybridized carbons (Fsp3) is 0.250. The van der Waals surface area contributed by atoms with Gasteiger partial charge in [-0.25, -0.2) is 0 Å². The Bertz CT molecular complexity index is 888. The average Bonchev–Trinajstić information content (AvgIpc) is 3.53. The summed E-state index contributed by atoms with van der Waals surface area (Å²) < 4.78 is 10.3. The first-order valence-electron chi connectivity index (χ1n) is 8.71. The minimum atomic E-state index is -0.429. The Morgan fingerprint density at radius 1 is 1.00 bits per heavy atom. The van der Waals surface area contributed by atoms with Crippen LogP contribution in [0.5, 0.6) is 11.5 Å². The molecule has 2 aromatic carbocycles. The van der Waals surface area contributed by atoms with E-state index in [1.165, 1.54) is 14.2 Å². The third kappa shape index (κ3) is 4.58. The first kappa shape index (κ1) is 19.6. The molecule has 7 nitrogen and oxygen atoms in total. The molecule has 28 heavy (non-hydrogen) atoms. The van der Waals surface area contributed by atoms with Crippen LogP contribution in [0, 0.1) is 5.92 Å². The van der Waals surface area contributed by atoms with Crippen molar-refractivity contribution < 1.29 is 19.1 Å². The molecule has 0 radical (unpaired) electrons. The minimum Gasteiger partial charge on any atom is -0.493 e. The van der Waals surface area contributed by atoms with Crippen LogP contribution >= 0.6 is 12.2 Å². The minimum absolute atomic E-state index is 0.00467. The van der Waals surface area contributed by atoms with E-state index >= 15 is 0 Å². The van der Waals surface area contributed by atoms with Gasteiger partial charge in [0.1, 0.15) is 0 Å². The predicted molar refractivity (Wildman–Crippen MR) is 108 cm³/mol. The molecule has 0 aromatic heterocycles. The number of carbonyl (C=O) groups is 2. The van der Waals surface area contributed by atoms with Gasteiger partial charge in [-0.2, -0.15) is 0 Å². The monoisotopic (exact) mass is 399 g/mol. The van der Waals surface area contributed by atoms with Crippen LogP contribution in [0.15, 0.2) is 48.5 Å². The molecule has 3 N–H and O–H groups in total. The SMILES string of the molecule is COc1ccc(C(=O)NC(=S)NNC(=O)[C@H]2C[C@@H]2c2ccccc2)cc1OC. The van der Waals surface area contributed by atoms with Gasteiger partial charge in [0.2, 0.25) is 5.91 Å². The number of thiocarbonyl (C=S) groups is 1. The number of hydrogen-bond acceptors (Lipinski definition) is 5. The van der Waals surface area contributed by atoms with Gasteiger partial charge in [0, 0.05) is 11.5 Å². The summed E-state index contributed by atoms with van der Waals surface area (Å²) in [7, 11) is 3.00. The molecule has 8 heteroatoms. The van der Waals surface area contributed by atoms with E-state index in [0.29, 0.717) is 17.1 Å². The second kappa shape index (κ2) is 8.71. The molecule has 0 aliphatic heterocycles. The summed E-state index contributed by atoms with van der Waals surface area (Å²) in [6, 6.07) is 14.7. The Morgan fingerprint density at radius 3 is 2.39 bits per heavy atom. The van der Waals surface area contributed by atoms with Crippen molar-refractivity contribution in [2.45, 2.75) is 12.3 Å². The number of hydrazine groups is 1. The van der Waals surface area contributed by atoms with E-state index in [9.17, 15) is 9.59 Å². The van der Waals surface area contributed by atoms with Crippen LogP contribution in [0.25, 0.3) is 0 Å². The third-order valence-corrected chi connectivity index (χ3v) is 4.73. The molecule has 0 spiro atoms. The van der Waals surface area contributed by atoms with Crippen LogP contribution in [0.3, 0.4) is 0 Å². The number of nitrogens with one attached hydrogen (secondary N) is 3. The maximum atomic E-state index is 12.3. The maximum absolute atomic E-state index is 12.3. The molecule has 2 atom stereocenters. The molecule has 0 heterocycles. The van der Waals surface area contributed by atoms with Crippen LogP contribution in [0.2, 0.25) is 0 Å². The molecule has 0 unspecified atom stereocenters. The Labute approximate surface area is 168 Å². The van der Waals surface area contributed by atoms with Gasteiger partial charge in [0.25, 0.3) is 5.91 Å². The van der Waals surface area contributed by atoms with E-state index in [4.69, 9.17) is 21.7 Å².